The van der Waals surface area contributed by atoms with Crippen LogP contribution in [0.15, 0.2) is 30.3 Å². The van der Waals surface area contributed by atoms with Crippen LogP contribution >= 0.6 is 0 Å². The lowest BCUT2D eigenvalue weighted by Crippen LogP contribution is -2.14. The molecular formula is C18H18O3. The largest absolute Gasteiger partial charge is 0.478 e. The van der Waals surface area contributed by atoms with Crippen molar-refractivity contribution in [3.05, 3.63) is 69.3 Å². The highest BCUT2D eigenvalue weighted by molar-refractivity contribution is 6.16. The van der Waals surface area contributed by atoms with E-state index in [1.54, 1.807) is 32.0 Å². The van der Waals surface area contributed by atoms with Crippen LogP contribution in [0.2, 0.25) is 0 Å². The van der Waals surface area contributed by atoms with Crippen molar-refractivity contribution in [3.8, 4) is 0 Å². The maximum absolute atomic E-state index is 12.8. The van der Waals surface area contributed by atoms with E-state index in [9.17, 15) is 14.7 Å². The number of benzene rings is 2. The number of carboxylic acid groups (broad SMARTS) is 1. The van der Waals surface area contributed by atoms with Crippen molar-refractivity contribution in [2.45, 2.75) is 27.7 Å². The Kier molecular flexibility index (Phi) is 3.94. The zero-order valence-corrected chi connectivity index (χ0v) is 12.7. The minimum absolute atomic E-state index is 0.0972. The summed E-state index contributed by atoms with van der Waals surface area (Å²) in [7, 11) is 0. The Morgan fingerprint density at radius 2 is 1.38 bits per heavy atom. The van der Waals surface area contributed by atoms with E-state index in [-0.39, 0.29) is 16.9 Å². The maximum Gasteiger partial charge on any atom is 0.336 e. The van der Waals surface area contributed by atoms with Gasteiger partial charge in [-0.25, -0.2) is 4.79 Å². The van der Waals surface area contributed by atoms with Crippen LogP contribution < -0.4 is 0 Å². The molecule has 0 fully saturated rings. The third kappa shape index (κ3) is 2.72. The second-order valence-electron chi connectivity index (χ2n) is 5.40. The van der Waals surface area contributed by atoms with Gasteiger partial charge in [0.1, 0.15) is 0 Å². The third-order valence-corrected chi connectivity index (χ3v) is 3.69. The van der Waals surface area contributed by atoms with E-state index in [1.807, 2.05) is 26.0 Å². The van der Waals surface area contributed by atoms with E-state index in [2.05, 4.69) is 0 Å². The Bertz CT molecular complexity index is 742. The summed E-state index contributed by atoms with van der Waals surface area (Å²) in [4.78, 5) is 24.3. The van der Waals surface area contributed by atoms with Gasteiger partial charge in [0, 0.05) is 11.1 Å². The SMILES string of the molecule is Cc1ccc(C(=O)c2c(C)ccc(C)c2C(=O)O)c(C)c1. The summed E-state index contributed by atoms with van der Waals surface area (Å²) in [5, 5.41) is 9.43. The first kappa shape index (κ1) is 15.0. The van der Waals surface area contributed by atoms with Gasteiger partial charge >= 0.3 is 5.97 Å². The molecule has 0 saturated carbocycles. The quantitative estimate of drug-likeness (QED) is 0.870. The van der Waals surface area contributed by atoms with Crippen molar-refractivity contribution in [1.82, 2.24) is 0 Å². The first-order valence-electron chi connectivity index (χ1n) is 6.78. The molecule has 0 spiro atoms. The highest BCUT2D eigenvalue weighted by Gasteiger charge is 2.23. The van der Waals surface area contributed by atoms with Crippen LogP contribution in [0.25, 0.3) is 0 Å². The number of aromatic carboxylic acids is 1. The average molecular weight is 282 g/mol. The molecular weight excluding hydrogens is 264 g/mol. The van der Waals surface area contributed by atoms with Gasteiger partial charge in [-0.2, -0.15) is 0 Å². The normalized spacial score (nSPS) is 10.5. The minimum Gasteiger partial charge on any atom is -0.478 e. The summed E-state index contributed by atoms with van der Waals surface area (Å²) in [6.45, 7) is 7.30. The Hall–Kier alpha value is -2.42. The summed E-state index contributed by atoms with van der Waals surface area (Å²) in [6.07, 6.45) is 0. The summed E-state index contributed by atoms with van der Waals surface area (Å²) in [5.74, 6) is -1.30. The summed E-state index contributed by atoms with van der Waals surface area (Å²) >= 11 is 0. The van der Waals surface area contributed by atoms with Crippen LogP contribution in [0.3, 0.4) is 0 Å². The molecule has 0 radical (unpaired) electrons. The van der Waals surface area contributed by atoms with Crippen molar-refractivity contribution in [1.29, 1.82) is 0 Å². The van der Waals surface area contributed by atoms with Gasteiger partial charge in [-0.3, -0.25) is 4.79 Å². The van der Waals surface area contributed by atoms with Crippen LogP contribution in [0.1, 0.15) is 48.5 Å². The molecule has 0 aliphatic rings. The summed E-state index contributed by atoms with van der Waals surface area (Å²) in [6, 6.07) is 9.08. The second kappa shape index (κ2) is 5.52. The van der Waals surface area contributed by atoms with E-state index < -0.39 is 5.97 Å². The lowest BCUT2D eigenvalue weighted by Gasteiger charge is -2.13. The van der Waals surface area contributed by atoms with Gasteiger partial charge in [-0.15, -0.1) is 0 Å². The Labute approximate surface area is 124 Å². The molecule has 2 aromatic carbocycles. The second-order valence-corrected chi connectivity index (χ2v) is 5.40. The lowest BCUT2D eigenvalue weighted by molar-refractivity contribution is 0.0692. The van der Waals surface area contributed by atoms with Crippen LogP contribution in [-0.2, 0) is 0 Å². The fourth-order valence-corrected chi connectivity index (χ4v) is 2.58. The van der Waals surface area contributed by atoms with E-state index in [1.165, 1.54) is 0 Å². The van der Waals surface area contributed by atoms with Gasteiger partial charge in [0.2, 0.25) is 0 Å². The monoisotopic (exact) mass is 282 g/mol. The Morgan fingerprint density at radius 1 is 0.810 bits per heavy atom. The fraction of sp³-hybridized carbons (Fsp3) is 0.222. The van der Waals surface area contributed by atoms with Crippen LogP contribution in [0.5, 0.6) is 0 Å². The molecule has 2 aromatic rings. The number of carboxylic acids is 1. The molecule has 0 heterocycles. The molecule has 0 atom stereocenters. The number of aryl methyl sites for hydroxylation is 4. The molecule has 21 heavy (non-hydrogen) atoms. The van der Waals surface area contributed by atoms with Gasteiger partial charge in [0.15, 0.2) is 5.78 Å². The molecule has 0 aliphatic heterocycles. The third-order valence-electron chi connectivity index (χ3n) is 3.69. The summed E-state index contributed by atoms with van der Waals surface area (Å²) < 4.78 is 0. The van der Waals surface area contributed by atoms with Crippen molar-refractivity contribution < 1.29 is 14.7 Å². The van der Waals surface area contributed by atoms with Gasteiger partial charge < -0.3 is 5.11 Å². The number of ketones is 1. The van der Waals surface area contributed by atoms with Crippen LogP contribution in [-0.4, -0.2) is 16.9 Å². The number of hydrogen-bond acceptors (Lipinski definition) is 2. The van der Waals surface area contributed by atoms with Gasteiger partial charge in [0.25, 0.3) is 0 Å². The molecule has 0 bridgehead atoms. The molecule has 3 nitrogen and oxygen atoms in total. The van der Waals surface area contributed by atoms with E-state index in [0.29, 0.717) is 16.7 Å². The zero-order chi connectivity index (χ0) is 15.7. The molecule has 0 aromatic heterocycles. The standard InChI is InChI=1S/C18H18O3/c1-10-5-8-14(13(4)9-10)17(19)15-11(2)6-7-12(3)16(15)18(20)21/h5-9H,1-4H3,(H,20,21). The number of hydrogen-bond donors (Lipinski definition) is 1. The highest BCUT2D eigenvalue weighted by Crippen LogP contribution is 2.24. The van der Waals surface area contributed by atoms with Gasteiger partial charge in [-0.05, 0) is 44.4 Å². The molecule has 0 saturated heterocycles. The first-order valence-corrected chi connectivity index (χ1v) is 6.78. The molecule has 3 heteroatoms. The molecule has 108 valence electrons. The first-order chi connectivity index (χ1) is 9.82. The number of carbonyl (C=O) groups is 2. The van der Waals surface area contributed by atoms with E-state index >= 15 is 0 Å². The number of carbonyl (C=O) groups excluding carboxylic acids is 1. The Balaban J connectivity index is 2.69. The molecule has 2 rings (SSSR count). The van der Waals surface area contributed by atoms with E-state index in [4.69, 9.17) is 0 Å². The lowest BCUT2D eigenvalue weighted by atomic mass is 9.89. The Morgan fingerprint density at radius 3 is 1.90 bits per heavy atom. The smallest absolute Gasteiger partial charge is 0.336 e. The van der Waals surface area contributed by atoms with Crippen LogP contribution in [0.4, 0.5) is 0 Å². The topological polar surface area (TPSA) is 54.4 Å². The molecule has 0 unspecified atom stereocenters. The molecule has 1 N–H and O–H groups in total. The van der Waals surface area contributed by atoms with Crippen molar-refractivity contribution in [2.75, 3.05) is 0 Å². The number of rotatable bonds is 3. The van der Waals surface area contributed by atoms with Crippen molar-refractivity contribution in [2.24, 2.45) is 0 Å². The highest BCUT2D eigenvalue weighted by atomic mass is 16.4. The minimum atomic E-state index is -1.07. The van der Waals surface area contributed by atoms with Crippen molar-refractivity contribution >= 4 is 11.8 Å². The molecule has 0 aliphatic carbocycles. The average Bonchev–Trinajstić information content (AvgIpc) is 2.40. The van der Waals surface area contributed by atoms with Crippen LogP contribution in [0, 0.1) is 27.7 Å². The van der Waals surface area contributed by atoms with E-state index in [0.717, 1.165) is 11.1 Å². The zero-order valence-electron chi connectivity index (χ0n) is 12.7. The maximum atomic E-state index is 12.8. The van der Waals surface area contributed by atoms with Crippen molar-refractivity contribution in [3.63, 3.8) is 0 Å². The summed E-state index contributed by atoms with van der Waals surface area (Å²) in [5.41, 5.74) is 4.15. The van der Waals surface area contributed by atoms with Gasteiger partial charge in [0.05, 0.1) is 5.56 Å². The predicted molar refractivity (Wildman–Crippen MR) is 82.2 cm³/mol. The predicted octanol–water partition coefficient (Wildman–Crippen LogP) is 3.85. The fourth-order valence-electron chi connectivity index (χ4n) is 2.58. The van der Waals surface area contributed by atoms with Gasteiger partial charge in [-0.1, -0.05) is 35.9 Å². The molecule has 0 amide bonds.